The van der Waals surface area contributed by atoms with Gasteiger partial charge >= 0.3 is 0 Å². The van der Waals surface area contributed by atoms with Crippen LogP contribution in [0, 0.1) is 5.92 Å². The van der Waals surface area contributed by atoms with Crippen LogP contribution in [0.4, 0.5) is 0 Å². The van der Waals surface area contributed by atoms with Crippen molar-refractivity contribution in [2.75, 3.05) is 46.9 Å². The highest BCUT2D eigenvalue weighted by Crippen LogP contribution is 2.25. The zero-order chi connectivity index (χ0) is 19.5. The standard InChI is InChI=1S/C22H30N4O2/c1-25(2)13-18-14-26(19-7-10-28-11-8-19)15-21(18)24-22(27)17-5-6-20-16(12-17)4-3-9-23-20/h3-6,9,12,18-19,21H,7-8,10-11,13-15H2,1-2H3,(H,24,27)/t18-,21-/m1/s1. The van der Waals surface area contributed by atoms with Gasteiger partial charge in [0.05, 0.1) is 5.52 Å². The third kappa shape index (κ3) is 4.35. The van der Waals surface area contributed by atoms with Gasteiger partial charge in [-0.15, -0.1) is 0 Å². The Kier molecular flexibility index (Phi) is 5.90. The quantitative estimate of drug-likeness (QED) is 0.857. The Morgan fingerprint density at radius 3 is 2.86 bits per heavy atom. The minimum atomic E-state index is 0.00772. The van der Waals surface area contributed by atoms with Crippen LogP contribution in [0.5, 0.6) is 0 Å². The summed E-state index contributed by atoms with van der Waals surface area (Å²) in [7, 11) is 4.21. The molecule has 0 radical (unpaired) electrons. The monoisotopic (exact) mass is 382 g/mol. The molecule has 3 heterocycles. The lowest BCUT2D eigenvalue weighted by Gasteiger charge is -2.31. The zero-order valence-electron chi connectivity index (χ0n) is 16.8. The highest BCUT2D eigenvalue weighted by atomic mass is 16.5. The fourth-order valence-corrected chi connectivity index (χ4v) is 4.54. The maximum atomic E-state index is 13.0. The molecule has 28 heavy (non-hydrogen) atoms. The number of hydrogen-bond donors (Lipinski definition) is 1. The number of hydrogen-bond acceptors (Lipinski definition) is 5. The molecule has 2 fully saturated rings. The molecule has 4 rings (SSSR count). The molecule has 6 nitrogen and oxygen atoms in total. The molecule has 0 bridgehead atoms. The van der Waals surface area contributed by atoms with E-state index in [1.54, 1.807) is 6.20 Å². The Labute approximate surface area is 166 Å². The van der Waals surface area contributed by atoms with E-state index in [9.17, 15) is 4.79 Å². The van der Waals surface area contributed by atoms with Crippen molar-refractivity contribution in [2.45, 2.75) is 24.9 Å². The molecule has 2 aromatic rings. The van der Waals surface area contributed by atoms with Crippen LogP contribution >= 0.6 is 0 Å². The van der Waals surface area contributed by atoms with Crippen LogP contribution in [0.2, 0.25) is 0 Å². The van der Waals surface area contributed by atoms with Crippen LogP contribution in [-0.4, -0.2) is 79.7 Å². The number of carbonyl (C=O) groups is 1. The number of nitrogens with zero attached hydrogens (tertiary/aromatic N) is 3. The van der Waals surface area contributed by atoms with Crippen molar-refractivity contribution in [3.8, 4) is 0 Å². The Balaban J connectivity index is 1.47. The molecule has 2 saturated heterocycles. The molecule has 2 aliphatic rings. The second-order valence-electron chi connectivity index (χ2n) is 8.31. The van der Waals surface area contributed by atoms with Crippen molar-refractivity contribution in [3.63, 3.8) is 0 Å². The van der Waals surface area contributed by atoms with E-state index in [1.807, 2.05) is 30.3 Å². The lowest BCUT2D eigenvalue weighted by atomic mass is 10.0. The van der Waals surface area contributed by atoms with E-state index in [1.165, 1.54) is 0 Å². The minimum absolute atomic E-state index is 0.00772. The Hall–Kier alpha value is -2.02. The third-order valence-corrected chi connectivity index (χ3v) is 5.96. The summed E-state index contributed by atoms with van der Waals surface area (Å²) in [5.74, 6) is 0.442. The average Bonchev–Trinajstić information content (AvgIpc) is 3.10. The average molecular weight is 383 g/mol. The summed E-state index contributed by atoms with van der Waals surface area (Å²) in [6, 6.07) is 10.4. The molecule has 0 spiro atoms. The highest BCUT2D eigenvalue weighted by Gasteiger charge is 2.37. The second kappa shape index (κ2) is 8.55. The number of carbonyl (C=O) groups excluding carboxylic acids is 1. The maximum Gasteiger partial charge on any atom is 0.251 e. The van der Waals surface area contributed by atoms with Gasteiger partial charge in [-0.1, -0.05) is 6.07 Å². The van der Waals surface area contributed by atoms with Crippen LogP contribution in [0.15, 0.2) is 36.5 Å². The number of pyridine rings is 1. The number of amides is 1. The van der Waals surface area contributed by atoms with Gasteiger partial charge in [0, 0.05) is 68.0 Å². The predicted octanol–water partition coefficient (Wildman–Crippen LogP) is 2.01. The van der Waals surface area contributed by atoms with E-state index in [-0.39, 0.29) is 11.9 Å². The number of nitrogens with one attached hydrogen (secondary N) is 1. The van der Waals surface area contributed by atoms with E-state index < -0.39 is 0 Å². The van der Waals surface area contributed by atoms with E-state index in [0.717, 1.165) is 56.6 Å². The topological polar surface area (TPSA) is 57.7 Å². The molecule has 2 atom stereocenters. The van der Waals surface area contributed by atoms with Gasteiger partial charge in [0.15, 0.2) is 0 Å². The fourth-order valence-electron chi connectivity index (χ4n) is 4.54. The first-order valence-corrected chi connectivity index (χ1v) is 10.2. The van der Waals surface area contributed by atoms with Crippen LogP contribution in [-0.2, 0) is 4.74 Å². The molecule has 1 amide bonds. The number of ether oxygens (including phenoxy) is 1. The number of benzene rings is 1. The molecule has 1 aromatic heterocycles. The van der Waals surface area contributed by atoms with Gasteiger partial charge < -0.3 is 15.0 Å². The molecule has 6 heteroatoms. The summed E-state index contributed by atoms with van der Waals surface area (Å²) in [5, 5.41) is 4.32. The number of fused-ring (bicyclic) bond motifs is 1. The SMILES string of the molecule is CN(C)C[C@@H]1CN(C2CCOCC2)C[C@H]1NC(=O)c1ccc2ncccc2c1. The first-order valence-electron chi connectivity index (χ1n) is 10.2. The van der Waals surface area contributed by atoms with Crippen molar-refractivity contribution in [1.29, 1.82) is 0 Å². The third-order valence-electron chi connectivity index (χ3n) is 5.96. The Morgan fingerprint density at radius 1 is 1.25 bits per heavy atom. The molecule has 0 saturated carbocycles. The summed E-state index contributed by atoms with van der Waals surface area (Å²) in [6.45, 7) is 4.63. The summed E-state index contributed by atoms with van der Waals surface area (Å²) < 4.78 is 5.53. The normalized spacial score (nSPS) is 24.1. The van der Waals surface area contributed by atoms with Gasteiger partial charge in [0.1, 0.15) is 0 Å². The maximum absolute atomic E-state index is 13.0. The molecule has 1 aromatic carbocycles. The summed E-state index contributed by atoms with van der Waals surface area (Å²) >= 11 is 0. The van der Waals surface area contributed by atoms with Gasteiger partial charge in [0.2, 0.25) is 0 Å². The molecule has 2 aliphatic heterocycles. The molecule has 1 N–H and O–H groups in total. The number of likely N-dealkylation sites (tertiary alicyclic amines) is 1. The smallest absolute Gasteiger partial charge is 0.251 e. The molecule has 150 valence electrons. The zero-order valence-corrected chi connectivity index (χ0v) is 16.8. The second-order valence-corrected chi connectivity index (χ2v) is 8.31. The van der Waals surface area contributed by atoms with Gasteiger partial charge in [-0.2, -0.15) is 0 Å². The van der Waals surface area contributed by atoms with Crippen LogP contribution in [0.3, 0.4) is 0 Å². The van der Waals surface area contributed by atoms with Crippen molar-refractivity contribution >= 4 is 16.8 Å². The van der Waals surface area contributed by atoms with Crippen LogP contribution in [0.25, 0.3) is 10.9 Å². The van der Waals surface area contributed by atoms with E-state index >= 15 is 0 Å². The van der Waals surface area contributed by atoms with Gasteiger partial charge in [-0.25, -0.2) is 0 Å². The molecule has 0 unspecified atom stereocenters. The molecular weight excluding hydrogens is 352 g/mol. The van der Waals surface area contributed by atoms with Crippen molar-refractivity contribution in [3.05, 3.63) is 42.1 Å². The Morgan fingerprint density at radius 2 is 2.07 bits per heavy atom. The van der Waals surface area contributed by atoms with Crippen molar-refractivity contribution < 1.29 is 9.53 Å². The predicted molar refractivity (Wildman–Crippen MR) is 110 cm³/mol. The largest absolute Gasteiger partial charge is 0.381 e. The highest BCUT2D eigenvalue weighted by molar-refractivity contribution is 5.98. The van der Waals surface area contributed by atoms with Crippen molar-refractivity contribution in [1.82, 2.24) is 20.1 Å². The van der Waals surface area contributed by atoms with Crippen LogP contribution in [0.1, 0.15) is 23.2 Å². The molecule has 0 aliphatic carbocycles. The van der Waals surface area contributed by atoms with Gasteiger partial charge in [-0.3, -0.25) is 14.7 Å². The minimum Gasteiger partial charge on any atom is -0.381 e. The Bertz CT molecular complexity index is 819. The molecular formula is C22H30N4O2. The first kappa shape index (κ1) is 19.3. The number of rotatable bonds is 5. The lowest BCUT2D eigenvalue weighted by molar-refractivity contribution is 0.0403. The summed E-state index contributed by atoms with van der Waals surface area (Å²) in [6.07, 6.45) is 3.96. The van der Waals surface area contributed by atoms with Gasteiger partial charge in [0.25, 0.3) is 5.91 Å². The van der Waals surface area contributed by atoms with Crippen molar-refractivity contribution in [2.24, 2.45) is 5.92 Å². The summed E-state index contributed by atoms with van der Waals surface area (Å²) in [5.41, 5.74) is 1.62. The van der Waals surface area contributed by atoms with Crippen LogP contribution < -0.4 is 5.32 Å². The number of aromatic nitrogens is 1. The van der Waals surface area contributed by atoms with E-state index in [4.69, 9.17) is 4.74 Å². The lowest BCUT2D eigenvalue weighted by Crippen LogP contribution is -2.44. The van der Waals surface area contributed by atoms with E-state index in [2.05, 4.69) is 34.2 Å². The first-order chi connectivity index (χ1) is 13.6. The summed E-state index contributed by atoms with van der Waals surface area (Å²) in [4.78, 5) is 22.1. The fraction of sp³-hybridized carbons (Fsp3) is 0.545. The van der Waals surface area contributed by atoms with E-state index in [0.29, 0.717) is 17.5 Å². The van der Waals surface area contributed by atoms with Gasteiger partial charge in [-0.05, 0) is 51.2 Å².